The van der Waals surface area contributed by atoms with Gasteiger partial charge in [0.15, 0.2) is 0 Å². The minimum Gasteiger partial charge on any atom is -0.493 e. The van der Waals surface area contributed by atoms with Crippen LogP contribution < -0.4 is 15.4 Å². The van der Waals surface area contributed by atoms with Crippen molar-refractivity contribution >= 4 is 52.0 Å². The topological polar surface area (TPSA) is 80.3 Å². The first-order valence-electron chi connectivity index (χ1n) is 9.14. The molecule has 0 unspecified atom stereocenters. The van der Waals surface area contributed by atoms with Gasteiger partial charge < -0.3 is 15.4 Å². The van der Waals surface area contributed by atoms with Crippen LogP contribution in [0.3, 0.4) is 0 Å². The minimum atomic E-state index is -0.405. The van der Waals surface area contributed by atoms with E-state index in [1.165, 1.54) is 11.3 Å². The lowest BCUT2D eigenvalue weighted by Gasteiger charge is -2.08. The lowest BCUT2D eigenvalue weighted by molar-refractivity contribution is -0.123. The number of halogens is 2. The molecule has 1 aromatic heterocycles. The molecule has 0 aliphatic heterocycles. The summed E-state index contributed by atoms with van der Waals surface area (Å²) in [7, 11) is 0. The number of hydrogen-bond acceptors (Lipinski definition) is 5. The van der Waals surface area contributed by atoms with Gasteiger partial charge in [0.25, 0.3) is 0 Å². The average Bonchev–Trinajstić information content (AvgIpc) is 3.18. The van der Waals surface area contributed by atoms with Gasteiger partial charge in [0.1, 0.15) is 10.8 Å². The number of nitrogens with zero attached hydrogens (tertiary/aromatic N) is 1. The van der Waals surface area contributed by atoms with Gasteiger partial charge in [0.2, 0.25) is 11.8 Å². The Kier molecular flexibility index (Phi) is 7.68. The van der Waals surface area contributed by atoms with Crippen LogP contribution in [0.4, 0.5) is 5.69 Å². The molecular weight excluding hydrogens is 445 g/mol. The quantitative estimate of drug-likeness (QED) is 0.501. The summed E-state index contributed by atoms with van der Waals surface area (Å²) in [6.07, 6.45) is 0.0680. The molecule has 3 rings (SSSR count). The van der Waals surface area contributed by atoms with Gasteiger partial charge in [-0.15, -0.1) is 11.3 Å². The van der Waals surface area contributed by atoms with Crippen molar-refractivity contribution in [1.29, 1.82) is 0 Å². The number of carbonyl (C=O) groups excluding carboxylic acids is 2. The van der Waals surface area contributed by atoms with Crippen LogP contribution in [0, 0.1) is 0 Å². The third-order valence-corrected chi connectivity index (χ3v) is 5.45. The van der Waals surface area contributed by atoms with Gasteiger partial charge in [-0.25, -0.2) is 4.98 Å². The smallest absolute Gasteiger partial charge is 0.243 e. The van der Waals surface area contributed by atoms with Gasteiger partial charge in [0.05, 0.1) is 41.5 Å². The zero-order valence-corrected chi connectivity index (χ0v) is 18.4. The Bertz CT molecular complexity index is 1060. The van der Waals surface area contributed by atoms with Crippen LogP contribution in [-0.2, 0) is 16.0 Å². The maximum Gasteiger partial charge on any atom is 0.243 e. The molecule has 0 spiro atoms. The summed E-state index contributed by atoms with van der Waals surface area (Å²) >= 11 is 13.4. The first-order valence-corrected chi connectivity index (χ1v) is 10.8. The first kappa shape index (κ1) is 22.1. The molecule has 0 aliphatic rings. The molecule has 3 aromatic rings. The van der Waals surface area contributed by atoms with Crippen molar-refractivity contribution in [3.05, 3.63) is 63.6 Å². The Hall–Kier alpha value is -2.61. The fraction of sp³-hybridized carbons (Fsp3) is 0.190. The lowest BCUT2D eigenvalue weighted by Crippen LogP contribution is -2.33. The van der Waals surface area contributed by atoms with E-state index in [-0.39, 0.29) is 18.9 Å². The Labute approximate surface area is 188 Å². The number of anilines is 1. The van der Waals surface area contributed by atoms with Crippen LogP contribution in [0.1, 0.15) is 12.6 Å². The Morgan fingerprint density at radius 1 is 1.13 bits per heavy atom. The van der Waals surface area contributed by atoms with E-state index in [1.54, 1.807) is 18.2 Å². The normalized spacial score (nSPS) is 10.5. The van der Waals surface area contributed by atoms with E-state index >= 15 is 0 Å². The second-order valence-corrected chi connectivity index (χ2v) is 7.90. The molecule has 0 saturated carbocycles. The monoisotopic (exact) mass is 463 g/mol. The predicted octanol–water partition coefficient (Wildman–Crippen LogP) is 4.81. The van der Waals surface area contributed by atoms with Crippen LogP contribution >= 0.6 is 34.5 Å². The van der Waals surface area contributed by atoms with Crippen LogP contribution in [0.25, 0.3) is 10.6 Å². The molecule has 2 amide bonds. The summed E-state index contributed by atoms with van der Waals surface area (Å²) in [6, 6.07) is 12.4. The summed E-state index contributed by atoms with van der Waals surface area (Å²) in [5.74, 6) is 0.0381. The molecule has 0 radical (unpaired) electrons. The molecule has 0 saturated heterocycles. The number of carbonyl (C=O) groups is 2. The molecule has 1 heterocycles. The van der Waals surface area contributed by atoms with Gasteiger partial charge in [-0.1, -0.05) is 35.3 Å². The van der Waals surface area contributed by atoms with Gasteiger partial charge in [-0.2, -0.15) is 0 Å². The molecule has 0 atom stereocenters. The van der Waals surface area contributed by atoms with E-state index in [9.17, 15) is 9.59 Å². The van der Waals surface area contributed by atoms with Gasteiger partial charge in [0, 0.05) is 10.4 Å². The largest absolute Gasteiger partial charge is 0.493 e. The standard InChI is InChI=1S/C21H19Cl2N3O3S/c1-2-29-18-6-4-3-5-15(18)21-25-14(12-30-21)10-19(27)24-11-20(28)26-17-9-13(22)7-8-16(17)23/h3-9,12H,2,10-11H2,1H3,(H,24,27)(H,26,28). The Balaban J connectivity index is 1.55. The third kappa shape index (κ3) is 5.95. The maximum absolute atomic E-state index is 12.2. The van der Waals surface area contributed by atoms with Crippen molar-refractivity contribution in [3.8, 4) is 16.3 Å². The molecule has 156 valence electrons. The van der Waals surface area contributed by atoms with Gasteiger partial charge in [-0.05, 0) is 37.3 Å². The van der Waals surface area contributed by atoms with Crippen LogP contribution in [0.15, 0.2) is 47.8 Å². The second-order valence-electron chi connectivity index (χ2n) is 6.20. The number of aromatic nitrogens is 1. The van der Waals surface area contributed by atoms with Crippen LogP contribution in [-0.4, -0.2) is 29.9 Å². The van der Waals surface area contributed by atoms with Crippen molar-refractivity contribution in [2.45, 2.75) is 13.3 Å². The SMILES string of the molecule is CCOc1ccccc1-c1nc(CC(=O)NCC(=O)Nc2cc(Cl)ccc2Cl)cs1. The van der Waals surface area contributed by atoms with Gasteiger partial charge in [-0.3, -0.25) is 9.59 Å². The number of ether oxygens (including phenoxy) is 1. The van der Waals surface area contributed by atoms with Gasteiger partial charge >= 0.3 is 0 Å². The number of rotatable bonds is 8. The van der Waals surface area contributed by atoms with E-state index in [0.717, 1.165) is 16.3 Å². The van der Waals surface area contributed by atoms with E-state index in [4.69, 9.17) is 27.9 Å². The summed E-state index contributed by atoms with van der Waals surface area (Å²) in [5.41, 5.74) is 1.89. The van der Waals surface area contributed by atoms with Crippen molar-refractivity contribution in [3.63, 3.8) is 0 Å². The summed E-state index contributed by atoms with van der Waals surface area (Å²) in [6.45, 7) is 2.29. The third-order valence-electron chi connectivity index (χ3n) is 3.96. The zero-order valence-electron chi connectivity index (χ0n) is 16.1. The highest BCUT2D eigenvalue weighted by Crippen LogP contribution is 2.32. The number of para-hydroxylation sites is 1. The van der Waals surface area contributed by atoms with E-state index in [0.29, 0.717) is 28.0 Å². The number of benzene rings is 2. The molecule has 6 nitrogen and oxygen atoms in total. The Morgan fingerprint density at radius 2 is 1.93 bits per heavy atom. The zero-order chi connectivity index (χ0) is 21.5. The highest BCUT2D eigenvalue weighted by atomic mass is 35.5. The van der Waals surface area contributed by atoms with Crippen molar-refractivity contribution in [2.75, 3.05) is 18.5 Å². The average molecular weight is 464 g/mol. The predicted molar refractivity (Wildman–Crippen MR) is 121 cm³/mol. The fourth-order valence-electron chi connectivity index (χ4n) is 2.63. The summed E-state index contributed by atoms with van der Waals surface area (Å²) in [4.78, 5) is 28.8. The second kappa shape index (κ2) is 10.4. The fourth-order valence-corrected chi connectivity index (χ4v) is 3.82. The summed E-state index contributed by atoms with van der Waals surface area (Å²) < 4.78 is 5.64. The minimum absolute atomic E-state index is 0.0680. The molecule has 2 N–H and O–H groups in total. The molecular formula is C21H19Cl2N3O3S. The first-order chi connectivity index (χ1) is 14.5. The Morgan fingerprint density at radius 3 is 2.73 bits per heavy atom. The molecule has 2 aromatic carbocycles. The number of thiazole rings is 1. The number of nitrogens with one attached hydrogen (secondary N) is 2. The molecule has 30 heavy (non-hydrogen) atoms. The number of hydrogen-bond donors (Lipinski definition) is 2. The van der Waals surface area contributed by atoms with Crippen LogP contribution in [0.5, 0.6) is 5.75 Å². The molecule has 0 bridgehead atoms. The maximum atomic E-state index is 12.2. The molecule has 0 aliphatic carbocycles. The van der Waals surface area contributed by atoms with E-state index in [2.05, 4.69) is 15.6 Å². The highest BCUT2D eigenvalue weighted by Gasteiger charge is 2.13. The molecule has 0 fully saturated rings. The van der Waals surface area contributed by atoms with Crippen molar-refractivity contribution in [1.82, 2.24) is 10.3 Å². The van der Waals surface area contributed by atoms with Crippen molar-refractivity contribution < 1.29 is 14.3 Å². The number of amides is 2. The highest BCUT2D eigenvalue weighted by molar-refractivity contribution is 7.13. The van der Waals surface area contributed by atoms with Crippen LogP contribution in [0.2, 0.25) is 10.0 Å². The molecule has 9 heteroatoms. The lowest BCUT2D eigenvalue weighted by atomic mass is 10.2. The van der Waals surface area contributed by atoms with Crippen molar-refractivity contribution in [2.24, 2.45) is 0 Å². The van der Waals surface area contributed by atoms with E-state index < -0.39 is 5.91 Å². The summed E-state index contributed by atoms with van der Waals surface area (Å²) in [5, 5.41) is 8.60. The van der Waals surface area contributed by atoms with E-state index in [1.807, 2.05) is 36.6 Å².